The van der Waals surface area contributed by atoms with Crippen LogP contribution in [0.1, 0.15) is 32.6 Å². The van der Waals surface area contributed by atoms with Gasteiger partial charge < -0.3 is 20.5 Å². The number of aromatic nitrogens is 4. The molecule has 1 aliphatic carbocycles. The Bertz CT molecular complexity index is 841. The van der Waals surface area contributed by atoms with Gasteiger partial charge >= 0.3 is 0 Å². The first-order valence-electron chi connectivity index (χ1n) is 9.48. The minimum atomic E-state index is -0.649. The van der Waals surface area contributed by atoms with E-state index in [9.17, 15) is 9.18 Å². The lowest BCUT2D eigenvalue weighted by molar-refractivity contribution is -0.119. The first-order valence-corrected chi connectivity index (χ1v) is 9.85. The highest BCUT2D eigenvalue weighted by atomic mass is 35.5. The molecule has 0 aromatic carbocycles. The molecule has 2 aromatic heterocycles. The predicted octanol–water partition coefficient (Wildman–Crippen LogP) is 2.28. The number of nitrogens with zero attached hydrogens (tertiary/aromatic N) is 4. The summed E-state index contributed by atoms with van der Waals surface area (Å²) in [6.45, 7) is 2.01. The predicted molar refractivity (Wildman–Crippen MR) is 105 cm³/mol. The Kier molecular flexibility index (Phi) is 7.21. The zero-order chi connectivity index (χ0) is 20.8. The summed E-state index contributed by atoms with van der Waals surface area (Å²) >= 11 is 6.17. The van der Waals surface area contributed by atoms with Crippen molar-refractivity contribution < 1.29 is 19.0 Å². The van der Waals surface area contributed by atoms with Crippen molar-refractivity contribution in [2.45, 2.75) is 45.2 Å². The Morgan fingerprint density at radius 1 is 1.38 bits per heavy atom. The van der Waals surface area contributed by atoms with Crippen LogP contribution in [0.15, 0.2) is 12.4 Å². The summed E-state index contributed by atoms with van der Waals surface area (Å²) in [7, 11) is 0. The van der Waals surface area contributed by atoms with Crippen LogP contribution in [-0.2, 0) is 11.3 Å². The number of carbonyl (C=O) groups is 1. The molecule has 0 saturated heterocycles. The molecule has 1 amide bonds. The topological polar surface area (TPSA) is 114 Å². The molecular weight excluding hydrogens is 403 g/mol. The van der Waals surface area contributed by atoms with Crippen LogP contribution in [0.2, 0.25) is 5.15 Å². The number of ether oxygens (including phenoxy) is 1. The molecule has 0 atom stereocenters. The van der Waals surface area contributed by atoms with E-state index in [0.29, 0.717) is 12.3 Å². The number of hydrogen-bond donors (Lipinski definition) is 3. The highest BCUT2D eigenvalue weighted by Gasteiger charge is 2.23. The van der Waals surface area contributed by atoms with Gasteiger partial charge in [-0.15, -0.1) is 0 Å². The van der Waals surface area contributed by atoms with Gasteiger partial charge in [0.05, 0.1) is 37.8 Å². The van der Waals surface area contributed by atoms with E-state index < -0.39 is 5.82 Å². The molecule has 2 aromatic rings. The average molecular weight is 427 g/mol. The maximum atomic E-state index is 14.1. The van der Waals surface area contributed by atoms with E-state index in [-0.39, 0.29) is 48.0 Å². The lowest BCUT2D eigenvalue weighted by Gasteiger charge is -2.28. The minimum absolute atomic E-state index is 0.0187. The highest BCUT2D eigenvalue weighted by molar-refractivity contribution is 6.32. The summed E-state index contributed by atoms with van der Waals surface area (Å²) in [5.74, 6) is -0.400. The Morgan fingerprint density at radius 2 is 2.14 bits per heavy atom. The fourth-order valence-corrected chi connectivity index (χ4v) is 3.52. The molecule has 3 rings (SSSR count). The lowest BCUT2D eigenvalue weighted by atomic mass is 9.86. The maximum Gasteiger partial charge on any atom is 0.255 e. The van der Waals surface area contributed by atoms with Crippen molar-refractivity contribution in [3.63, 3.8) is 0 Å². The number of rotatable bonds is 8. The molecule has 29 heavy (non-hydrogen) atoms. The third-order valence-corrected chi connectivity index (χ3v) is 5.15. The van der Waals surface area contributed by atoms with Gasteiger partial charge in [-0.1, -0.05) is 11.6 Å². The summed E-state index contributed by atoms with van der Waals surface area (Å²) < 4.78 is 21.1. The number of halogens is 2. The van der Waals surface area contributed by atoms with E-state index in [0.717, 1.165) is 31.9 Å². The molecule has 9 nitrogen and oxygen atoms in total. The number of amides is 1. The second-order valence-corrected chi connectivity index (χ2v) is 7.35. The molecule has 0 unspecified atom stereocenters. The molecule has 0 spiro atoms. The normalized spacial score (nSPS) is 19.0. The molecule has 0 radical (unpaired) electrons. The summed E-state index contributed by atoms with van der Waals surface area (Å²) in [5, 5.41) is 19.1. The van der Waals surface area contributed by atoms with Crippen molar-refractivity contribution in [3.05, 3.63) is 23.4 Å². The molecule has 1 saturated carbocycles. The molecule has 0 bridgehead atoms. The zero-order valence-corrected chi connectivity index (χ0v) is 16.8. The van der Waals surface area contributed by atoms with Gasteiger partial charge in [-0.3, -0.25) is 4.79 Å². The van der Waals surface area contributed by atoms with Gasteiger partial charge in [0.2, 0.25) is 17.7 Å². The van der Waals surface area contributed by atoms with Gasteiger partial charge in [-0.2, -0.15) is 14.5 Å². The summed E-state index contributed by atoms with van der Waals surface area (Å²) in [6, 6.07) is 0.201. The molecule has 3 N–H and O–H groups in total. The summed E-state index contributed by atoms with van der Waals surface area (Å²) in [6.07, 6.45) is 6.04. The van der Waals surface area contributed by atoms with E-state index >= 15 is 0 Å². The summed E-state index contributed by atoms with van der Waals surface area (Å²) in [4.78, 5) is 19.1. The third kappa shape index (κ3) is 5.77. The number of carbonyl (C=O) groups excluding carboxylic acids is 1. The first-order chi connectivity index (χ1) is 14.0. The summed E-state index contributed by atoms with van der Waals surface area (Å²) in [5.41, 5.74) is 0.439. The number of nitrogens with one attached hydrogen (secondary N) is 2. The minimum Gasteiger partial charge on any atom is -0.475 e. The van der Waals surface area contributed by atoms with Crippen LogP contribution in [-0.4, -0.2) is 50.0 Å². The molecule has 1 aliphatic rings. The van der Waals surface area contributed by atoms with Gasteiger partial charge in [0.1, 0.15) is 0 Å². The molecule has 0 aliphatic heterocycles. The third-order valence-electron chi connectivity index (χ3n) is 4.76. The number of aliphatic hydroxyl groups excluding tert-OH is 1. The van der Waals surface area contributed by atoms with E-state index in [2.05, 4.69) is 25.7 Å². The van der Waals surface area contributed by atoms with Crippen LogP contribution >= 0.6 is 11.6 Å². The van der Waals surface area contributed by atoms with Crippen molar-refractivity contribution in [1.29, 1.82) is 0 Å². The van der Waals surface area contributed by atoms with Crippen molar-refractivity contribution >= 4 is 29.1 Å². The van der Waals surface area contributed by atoms with E-state index in [1.165, 1.54) is 17.8 Å². The number of aliphatic hydroxyl groups is 1. The van der Waals surface area contributed by atoms with E-state index in [1.54, 1.807) is 0 Å². The first kappa shape index (κ1) is 21.3. The van der Waals surface area contributed by atoms with Gasteiger partial charge in [-0.05, 0) is 31.6 Å². The Labute approximate surface area is 172 Å². The number of hydrogen-bond acceptors (Lipinski definition) is 7. The highest BCUT2D eigenvalue weighted by Crippen LogP contribution is 2.27. The zero-order valence-electron chi connectivity index (χ0n) is 16.1. The Hall–Kier alpha value is -2.46. The lowest BCUT2D eigenvalue weighted by Crippen LogP contribution is -2.37. The quantitative estimate of drug-likeness (QED) is 0.593. The molecule has 2 heterocycles. The average Bonchev–Trinajstić information content (AvgIpc) is 3.03. The van der Waals surface area contributed by atoms with Crippen molar-refractivity contribution in [3.8, 4) is 5.88 Å². The van der Waals surface area contributed by atoms with Crippen molar-refractivity contribution in [2.24, 2.45) is 5.92 Å². The largest absolute Gasteiger partial charge is 0.475 e. The maximum absolute atomic E-state index is 14.1. The monoisotopic (exact) mass is 426 g/mol. The van der Waals surface area contributed by atoms with Gasteiger partial charge in [0.15, 0.2) is 5.15 Å². The van der Waals surface area contributed by atoms with Crippen LogP contribution in [0, 0.1) is 11.7 Å². The standard InChI is InChI=1S/C18H24ClFN6O3/c1-11(28)23-13-4-2-12(3-5-13)10-29-17-14(20)8-21-18(25-17)24-15-9-22-26(6-7-27)16(15)19/h8-9,12-13,27H,2-7,10H2,1H3,(H,23,28)(H,21,24,25). The van der Waals surface area contributed by atoms with Crippen LogP contribution in [0.25, 0.3) is 0 Å². The number of anilines is 2. The smallest absolute Gasteiger partial charge is 0.255 e. The molecule has 158 valence electrons. The second-order valence-electron chi connectivity index (χ2n) is 7.00. The fraction of sp³-hybridized carbons (Fsp3) is 0.556. The fourth-order valence-electron chi connectivity index (χ4n) is 3.30. The van der Waals surface area contributed by atoms with E-state index in [1.807, 2.05) is 0 Å². The molecular formula is C18H24ClFN6O3. The Balaban J connectivity index is 1.56. The van der Waals surface area contributed by atoms with Crippen LogP contribution < -0.4 is 15.4 Å². The van der Waals surface area contributed by atoms with Crippen LogP contribution in [0.5, 0.6) is 5.88 Å². The van der Waals surface area contributed by atoms with Crippen LogP contribution in [0.4, 0.5) is 16.0 Å². The Morgan fingerprint density at radius 3 is 2.83 bits per heavy atom. The van der Waals surface area contributed by atoms with Gasteiger partial charge in [0, 0.05) is 13.0 Å². The van der Waals surface area contributed by atoms with Gasteiger partial charge in [-0.25, -0.2) is 9.67 Å². The second kappa shape index (κ2) is 9.84. The molecule has 11 heteroatoms. The molecule has 1 fully saturated rings. The van der Waals surface area contributed by atoms with Crippen LogP contribution in [0.3, 0.4) is 0 Å². The van der Waals surface area contributed by atoms with E-state index in [4.69, 9.17) is 21.4 Å². The van der Waals surface area contributed by atoms with Gasteiger partial charge in [0.25, 0.3) is 5.88 Å². The SMILES string of the molecule is CC(=O)NC1CCC(COc2nc(Nc3cnn(CCO)c3Cl)ncc2F)CC1. The van der Waals surface area contributed by atoms with Crippen molar-refractivity contribution in [2.75, 3.05) is 18.5 Å². The van der Waals surface area contributed by atoms with Crippen molar-refractivity contribution in [1.82, 2.24) is 25.1 Å².